The Kier molecular flexibility index (Phi) is 5.48. The van der Waals surface area contributed by atoms with Crippen LogP contribution in [0.15, 0.2) is 54.6 Å². The summed E-state index contributed by atoms with van der Waals surface area (Å²) in [6, 6.07) is 14.8. The maximum absolute atomic E-state index is 12.9. The molecule has 1 aliphatic heterocycles. The van der Waals surface area contributed by atoms with Crippen LogP contribution >= 0.6 is 0 Å². The van der Waals surface area contributed by atoms with Crippen LogP contribution in [0.25, 0.3) is 0 Å². The zero-order valence-corrected chi connectivity index (χ0v) is 16.7. The first-order chi connectivity index (χ1) is 14.5. The maximum Gasteiger partial charge on any atom is 0.338 e. The number of ether oxygens (including phenoxy) is 1. The van der Waals surface area contributed by atoms with Crippen LogP contribution < -0.4 is 4.90 Å². The van der Waals surface area contributed by atoms with Gasteiger partial charge >= 0.3 is 5.97 Å². The number of amides is 2. The van der Waals surface area contributed by atoms with Crippen LogP contribution in [0.5, 0.6) is 0 Å². The van der Waals surface area contributed by atoms with E-state index in [1.165, 1.54) is 11.0 Å². The topological polar surface area (TPSA) is 80.8 Å². The predicted octanol–water partition coefficient (Wildman–Crippen LogP) is 3.65. The highest BCUT2D eigenvalue weighted by atomic mass is 16.5. The van der Waals surface area contributed by atoms with Crippen LogP contribution in [0, 0.1) is 17.8 Å². The van der Waals surface area contributed by atoms with E-state index in [9.17, 15) is 19.2 Å². The second kappa shape index (κ2) is 8.22. The zero-order chi connectivity index (χ0) is 21.3. The van der Waals surface area contributed by atoms with Crippen molar-refractivity contribution >= 4 is 29.3 Å². The van der Waals surface area contributed by atoms with Crippen LogP contribution in [-0.4, -0.2) is 30.2 Å². The Labute approximate surface area is 174 Å². The summed E-state index contributed by atoms with van der Waals surface area (Å²) in [6.07, 6.45) is 2.38. The third-order valence-electron chi connectivity index (χ3n) is 5.96. The molecule has 6 heteroatoms. The lowest BCUT2D eigenvalue weighted by Crippen LogP contribution is -2.31. The van der Waals surface area contributed by atoms with E-state index >= 15 is 0 Å². The maximum atomic E-state index is 12.9. The minimum Gasteiger partial charge on any atom is -0.454 e. The van der Waals surface area contributed by atoms with Gasteiger partial charge in [0.15, 0.2) is 12.4 Å². The van der Waals surface area contributed by atoms with E-state index in [0.29, 0.717) is 17.2 Å². The van der Waals surface area contributed by atoms with E-state index in [0.717, 1.165) is 19.3 Å². The standard InChI is InChI=1S/C24H23NO5/c1-15-10-11-19-20(12-15)23(28)25(22(19)27)18-9-5-8-17(13-18)24(29)30-14-21(26)16-6-3-2-4-7-16/h2-9,13,15,19-20H,10-12,14H2,1H3/t15-,19+,20+/m0/s1. The minimum absolute atomic E-state index is 0.192. The fraction of sp³-hybridized carbons (Fsp3) is 0.333. The van der Waals surface area contributed by atoms with Gasteiger partial charge in [0.2, 0.25) is 11.8 Å². The molecule has 0 N–H and O–H groups in total. The predicted molar refractivity (Wildman–Crippen MR) is 110 cm³/mol. The molecule has 6 nitrogen and oxygen atoms in total. The molecule has 30 heavy (non-hydrogen) atoms. The van der Waals surface area contributed by atoms with Gasteiger partial charge in [0.25, 0.3) is 0 Å². The average Bonchev–Trinajstić information content (AvgIpc) is 3.01. The Morgan fingerprint density at radius 2 is 1.63 bits per heavy atom. The lowest BCUT2D eigenvalue weighted by Gasteiger charge is -2.25. The van der Waals surface area contributed by atoms with Crippen molar-refractivity contribution < 1.29 is 23.9 Å². The van der Waals surface area contributed by atoms with Crippen molar-refractivity contribution in [2.75, 3.05) is 11.5 Å². The SMILES string of the molecule is C[C@H]1CC[C@H]2C(=O)N(c3cccc(C(=O)OCC(=O)c4ccccc4)c3)C(=O)[C@@H]2C1. The Morgan fingerprint density at radius 1 is 0.933 bits per heavy atom. The fourth-order valence-corrected chi connectivity index (χ4v) is 4.34. The quantitative estimate of drug-likeness (QED) is 0.431. The highest BCUT2D eigenvalue weighted by Gasteiger charge is 2.50. The van der Waals surface area contributed by atoms with Crippen LogP contribution in [0.4, 0.5) is 5.69 Å². The Morgan fingerprint density at radius 3 is 2.40 bits per heavy atom. The molecular formula is C24H23NO5. The Hall–Kier alpha value is -3.28. The van der Waals surface area contributed by atoms with E-state index in [1.807, 2.05) is 0 Å². The van der Waals surface area contributed by atoms with Crippen molar-refractivity contribution in [3.05, 3.63) is 65.7 Å². The molecule has 2 fully saturated rings. The summed E-state index contributed by atoms with van der Waals surface area (Å²) < 4.78 is 5.15. The molecule has 0 aromatic heterocycles. The molecule has 154 valence electrons. The molecule has 0 unspecified atom stereocenters. The highest BCUT2D eigenvalue weighted by molar-refractivity contribution is 6.22. The number of nitrogens with zero attached hydrogens (tertiary/aromatic N) is 1. The van der Waals surface area contributed by atoms with Gasteiger partial charge in [-0.05, 0) is 43.4 Å². The summed E-state index contributed by atoms with van der Waals surface area (Å²) in [5.41, 5.74) is 1.03. The smallest absolute Gasteiger partial charge is 0.338 e. The van der Waals surface area contributed by atoms with Gasteiger partial charge in [-0.25, -0.2) is 4.79 Å². The lowest BCUT2D eigenvalue weighted by molar-refractivity contribution is -0.122. The van der Waals surface area contributed by atoms with Gasteiger partial charge in [0.05, 0.1) is 23.1 Å². The van der Waals surface area contributed by atoms with Gasteiger partial charge in [0, 0.05) is 5.56 Å². The van der Waals surface area contributed by atoms with Gasteiger partial charge in [-0.2, -0.15) is 0 Å². The Bertz CT molecular complexity index is 1000. The first-order valence-corrected chi connectivity index (χ1v) is 10.2. The van der Waals surface area contributed by atoms with E-state index in [1.54, 1.807) is 48.5 Å². The van der Waals surface area contributed by atoms with E-state index in [4.69, 9.17) is 4.74 Å². The molecule has 2 aromatic carbocycles. The number of hydrogen-bond donors (Lipinski definition) is 0. The van der Waals surface area contributed by atoms with Crippen molar-refractivity contribution in [1.29, 1.82) is 0 Å². The average molecular weight is 405 g/mol. The number of imide groups is 1. The summed E-state index contributed by atoms with van der Waals surface area (Å²) in [4.78, 5) is 51.5. The molecule has 2 amide bonds. The normalized spacial score (nSPS) is 23.2. The van der Waals surface area contributed by atoms with Gasteiger partial charge in [0.1, 0.15) is 0 Å². The zero-order valence-electron chi connectivity index (χ0n) is 16.7. The number of carbonyl (C=O) groups is 4. The Balaban J connectivity index is 1.47. The monoisotopic (exact) mass is 405 g/mol. The van der Waals surface area contributed by atoms with Crippen LogP contribution in [0.3, 0.4) is 0 Å². The molecule has 0 radical (unpaired) electrons. The summed E-state index contributed by atoms with van der Waals surface area (Å²) in [6.45, 7) is 1.72. The van der Waals surface area contributed by atoms with Crippen molar-refractivity contribution in [3.63, 3.8) is 0 Å². The number of fused-ring (bicyclic) bond motifs is 1. The van der Waals surface area contributed by atoms with Crippen molar-refractivity contribution in [1.82, 2.24) is 0 Å². The molecule has 1 saturated carbocycles. The third-order valence-corrected chi connectivity index (χ3v) is 5.96. The molecule has 0 bridgehead atoms. The summed E-state index contributed by atoms with van der Waals surface area (Å²) in [5, 5.41) is 0. The van der Waals surface area contributed by atoms with E-state index < -0.39 is 5.97 Å². The number of rotatable bonds is 5. The summed E-state index contributed by atoms with van der Waals surface area (Å²) in [5.74, 6) is -1.49. The van der Waals surface area contributed by atoms with Crippen molar-refractivity contribution in [2.24, 2.45) is 17.8 Å². The molecule has 2 aliphatic rings. The first-order valence-electron chi connectivity index (χ1n) is 10.2. The van der Waals surface area contributed by atoms with Crippen molar-refractivity contribution in [3.8, 4) is 0 Å². The van der Waals surface area contributed by atoms with Crippen LogP contribution in [-0.2, 0) is 14.3 Å². The third kappa shape index (κ3) is 3.77. The molecule has 2 aromatic rings. The highest BCUT2D eigenvalue weighted by Crippen LogP contribution is 2.42. The summed E-state index contributed by atoms with van der Waals surface area (Å²) >= 11 is 0. The first kappa shape index (κ1) is 20.0. The minimum atomic E-state index is -0.675. The second-order valence-corrected chi connectivity index (χ2v) is 8.06. The number of ketones is 1. The molecule has 1 aliphatic carbocycles. The molecule has 1 saturated heterocycles. The van der Waals surface area contributed by atoms with E-state index in [-0.39, 0.29) is 41.6 Å². The summed E-state index contributed by atoms with van der Waals surface area (Å²) in [7, 11) is 0. The number of hydrogen-bond acceptors (Lipinski definition) is 5. The fourth-order valence-electron chi connectivity index (χ4n) is 4.34. The lowest BCUT2D eigenvalue weighted by atomic mass is 9.76. The molecule has 1 heterocycles. The number of Topliss-reactive ketones (excluding diaryl/α,β-unsaturated/α-hetero) is 1. The van der Waals surface area contributed by atoms with Gasteiger partial charge in [-0.1, -0.05) is 43.3 Å². The van der Waals surface area contributed by atoms with Crippen LogP contribution in [0.1, 0.15) is 46.9 Å². The number of benzene rings is 2. The number of esters is 1. The number of anilines is 1. The van der Waals surface area contributed by atoms with E-state index in [2.05, 4.69) is 6.92 Å². The molecule has 0 spiro atoms. The van der Waals surface area contributed by atoms with Gasteiger partial charge < -0.3 is 4.74 Å². The van der Waals surface area contributed by atoms with Crippen LogP contribution in [0.2, 0.25) is 0 Å². The largest absolute Gasteiger partial charge is 0.454 e. The number of carbonyl (C=O) groups excluding carboxylic acids is 4. The van der Waals surface area contributed by atoms with Crippen molar-refractivity contribution in [2.45, 2.75) is 26.2 Å². The molecule has 4 rings (SSSR count). The molecular weight excluding hydrogens is 382 g/mol. The second-order valence-electron chi connectivity index (χ2n) is 8.06. The molecule has 3 atom stereocenters. The van der Waals surface area contributed by atoms with Gasteiger partial charge in [-0.3, -0.25) is 19.3 Å². The van der Waals surface area contributed by atoms with Gasteiger partial charge in [-0.15, -0.1) is 0 Å².